The van der Waals surface area contributed by atoms with E-state index in [2.05, 4.69) is 25.0 Å². The van der Waals surface area contributed by atoms with Crippen molar-refractivity contribution < 1.29 is 29.8 Å². The lowest BCUT2D eigenvalue weighted by molar-refractivity contribution is -0.385. The summed E-state index contributed by atoms with van der Waals surface area (Å²) in [5.74, 6) is -0.966. The SMILES string of the molecule is [N-]=[N+]=Nc1ccc(CCC(=O)c2nc(N)c3ncn([C@@H]4O[C@H](CO)C(O)C4O)c3n2)c([N+](=O)[O-])c1. The van der Waals surface area contributed by atoms with E-state index >= 15 is 0 Å². The molecule has 3 aromatic rings. The van der Waals surface area contributed by atoms with Crippen LogP contribution in [0.5, 0.6) is 0 Å². The number of nitrogens with two attached hydrogens (primary N) is 1. The fraction of sp³-hybridized carbons (Fsp3) is 0.368. The second-order valence-electron chi connectivity index (χ2n) is 7.67. The number of benzene rings is 1. The number of hydrogen-bond acceptors (Lipinski definition) is 12. The van der Waals surface area contributed by atoms with Crippen molar-refractivity contribution >= 4 is 34.1 Å². The number of aryl methyl sites for hydroxylation is 1. The second-order valence-corrected chi connectivity index (χ2v) is 7.67. The Hall–Kier alpha value is -4.21. The highest BCUT2D eigenvalue weighted by Gasteiger charge is 2.44. The van der Waals surface area contributed by atoms with Gasteiger partial charge < -0.3 is 25.8 Å². The molecule has 1 aliphatic heterocycles. The molecule has 1 fully saturated rings. The summed E-state index contributed by atoms with van der Waals surface area (Å²) in [6.45, 7) is -0.530. The largest absolute Gasteiger partial charge is 0.394 e. The molecule has 0 aliphatic carbocycles. The normalized spacial score (nSPS) is 21.7. The first kappa shape index (κ1) is 23.9. The fourth-order valence-corrected chi connectivity index (χ4v) is 3.77. The maximum absolute atomic E-state index is 12.8. The number of anilines is 1. The number of ketones is 1. The number of nitrogens with zero attached hydrogens (tertiary/aromatic N) is 8. The lowest BCUT2D eigenvalue weighted by Crippen LogP contribution is -2.33. The molecule has 4 rings (SSSR count). The number of carbonyl (C=O) groups is 1. The number of rotatable bonds is 8. The summed E-state index contributed by atoms with van der Waals surface area (Å²) in [4.78, 5) is 38.4. The number of nitro benzene ring substituents is 1. The van der Waals surface area contributed by atoms with Crippen LogP contribution >= 0.6 is 0 Å². The number of hydrogen-bond donors (Lipinski definition) is 4. The molecule has 1 saturated heterocycles. The number of imidazole rings is 1. The van der Waals surface area contributed by atoms with E-state index in [-0.39, 0.29) is 52.6 Å². The van der Waals surface area contributed by atoms with Gasteiger partial charge in [-0.1, -0.05) is 17.2 Å². The fourth-order valence-electron chi connectivity index (χ4n) is 3.77. The van der Waals surface area contributed by atoms with Gasteiger partial charge in [0.05, 0.1) is 17.9 Å². The number of ether oxygens (including phenoxy) is 1. The highest BCUT2D eigenvalue weighted by atomic mass is 16.6. The van der Waals surface area contributed by atoms with Crippen molar-refractivity contribution in [1.29, 1.82) is 0 Å². The molecular weight excluding hydrogens is 466 g/mol. The van der Waals surface area contributed by atoms with Crippen LogP contribution in [0.15, 0.2) is 29.6 Å². The molecule has 4 atom stereocenters. The maximum Gasteiger partial charge on any atom is 0.273 e. The van der Waals surface area contributed by atoms with E-state index in [0.717, 1.165) is 6.07 Å². The van der Waals surface area contributed by atoms with Crippen molar-refractivity contribution in [3.63, 3.8) is 0 Å². The molecule has 0 bridgehead atoms. The Morgan fingerprint density at radius 1 is 1.34 bits per heavy atom. The highest BCUT2D eigenvalue weighted by molar-refractivity contribution is 5.95. The molecule has 2 aromatic heterocycles. The van der Waals surface area contributed by atoms with Gasteiger partial charge in [-0.2, -0.15) is 0 Å². The van der Waals surface area contributed by atoms with Gasteiger partial charge >= 0.3 is 0 Å². The third kappa shape index (κ3) is 4.46. The van der Waals surface area contributed by atoms with E-state index in [4.69, 9.17) is 16.0 Å². The second kappa shape index (κ2) is 9.57. The molecule has 0 amide bonds. The number of aromatic nitrogens is 4. The Bertz CT molecular complexity index is 1350. The van der Waals surface area contributed by atoms with Crippen LogP contribution in [0.1, 0.15) is 28.8 Å². The van der Waals surface area contributed by atoms with Gasteiger partial charge in [0.1, 0.15) is 23.8 Å². The van der Waals surface area contributed by atoms with Gasteiger partial charge in [-0.15, -0.1) is 0 Å². The van der Waals surface area contributed by atoms with E-state index < -0.39 is 41.9 Å². The van der Waals surface area contributed by atoms with Gasteiger partial charge in [-0.05, 0) is 12.0 Å². The Kier molecular flexibility index (Phi) is 6.54. The smallest absolute Gasteiger partial charge is 0.273 e. The van der Waals surface area contributed by atoms with Gasteiger partial charge in [-0.25, -0.2) is 15.0 Å². The summed E-state index contributed by atoms with van der Waals surface area (Å²) in [5.41, 5.74) is 14.6. The molecule has 1 aliphatic rings. The van der Waals surface area contributed by atoms with Crippen LogP contribution in [0, 0.1) is 10.1 Å². The van der Waals surface area contributed by atoms with Crippen LogP contribution in [-0.4, -0.2) is 70.5 Å². The number of azide groups is 1. The molecule has 1 aromatic carbocycles. The molecule has 35 heavy (non-hydrogen) atoms. The predicted molar refractivity (Wildman–Crippen MR) is 117 cm³/mol. The van der Waals surface area contributed by atoms with E-state index in [1.807, 2.05) is 0 Å². The number of fused-ring (bicyclic) bond motifs is 1. The molecule has 16 heteroatoms. The van der Waals surface area contributed by atoms with E-state index in [0.29, 0.717) is 0 Å². The molecule has 3 heterocycles. The summed E-state index contributed by atoms with van der Waals surface area (Å²) in [7, 11) is 0. The standard InChI is InChI=1S/C19H19N9O7/c20-16-13-18(27(7-22-13)19-15(32)14(31)12(6-29)35-19)24-17(23-16)11(30)4-2-8-1-3-9(25-26-21)5-10(8)28(33)34/h1,3,5,7,12,14-15,19,29,31-32H,2,4,6H2,(H2,20,23,24)/t12-,14?,15?,19-/m1/s1. The first-order chi connectivity index (χ1) is 16.7. The monoisotopic (exact) mass is 485 g/mol. The van der Waals surface area contributed by atoms with Crippen molar-refractivity contribution in [2.24, 2.45) is 5.11 Å². The van der Waals surface area contributed by atoms with Gasteiger partial charge in [-0.3, -0.25) is 19.5 Å². The minimum atomic E-state index is -1.41. The summed E-state index contributed by atoms with van der Waals surface area (Å²) in [6, 6.07) is 3.90. The number of carbonyl (C=O) groups excluding carboxylic acids is 1. The average molecular weight is 485 g/mol. The Labute approximate surface area is 195 Å². The highest BCUT2D eigenvalue weighted by Crippen LogP contribution is 2.32. The minimum absolute atomic E-state index is 0.0267. The van der Waals surface area contributed by atoms with Gasteiger partial charge in [0.25, 0.3) is 5.69 Å². The number of nitrogen functional groups attached to an aromatic ring is 1. The molecule has 5 N–H and O–H groups in total. The zero-order chi connectivity index (χ0) is 25.3. The molecule has 0 radical (unpaired) electrons. The molecule has 16 nitrogen and oxygen atoms in total. The number of nitro groups is 1. The summed E-state index contributed by atoms with van der Waals surface area (Å²) in [6.07, 6.45) is -3.93. The minimum Gasteiger partial charge on any atom is -0.394 e. The average Bonchev–Trinajstić information content (AvgIpc) is 3.39. The zero-order valence-corrected chi connectivity index (χ0v) is 17.9. The van der Waals surface area contributed by atoms with Crippen molar-refractivity contribution in [2.75, 3.05) is 12.3 Å². The van der Waals surface area contributed by atoms with Crippen molar-refractivity contribution in [3.8, 4) is 0 Å². The quantitative estimate of drug-likeness (QED) is 0.0862. The van der Waals surface area contributed by atoms with E-state index in [9.17, 15) is 30.2 Å². The van der Waals surface area contributed by atoms with Crippen molar-refractivity contribution in [3.05, 3.63) is 56.5 Å². The van der Waals surface area contributed by atoms with Crippen LogP contribution in [0.4, 0.5) is 17.2 Å². The van der Waals surface area contributed by atoms with Gasteiger partial charge in [0, 0.05) is 28.6 Å². The lowest BCUT2D eigenvalue weighted by atomic mass is 10.0. The van der Waals surface area contributed by atoms with E-state index in [1.54, 1.807) is 0 Å². The molecule has 0 spiro atoms. The zero-order valence-electron chi connectivity index (χ0n) is 17.9. The van der Waals surface area contributed by atoms with Crippen LogP contribution in [0.2, 0.25) is 0 Å². The number of aliphatic hydroxyl groups is 3. The number of Topliss-reactive ketones (excluding diaryl/α,β-unsaturated/α-hetero) is 1. The Morgan fingerprint density at radius 3 is 2.77 bits per heavy atom. The summed E-state index contributed by atoms with van der Waals surface area (Å²) < 4.78 is 6.76. The number of aliphatic hydroxyl groups excluding tert-OH is 3. The lowest BCUT2D eigenvalue weighted by Gasteiger charge is -2.16. The van der Waals surface area contributed by atoms with Crippen LogP contribution < -0.4 is 5.73 Å². The third-order valence-electron chi connectivity index (χ3n) is 5.54. The van der Waals surface area contributed by atoms with Crippen molar-refractivity contribution in [1.82, 2.24) is 19.5 Å². The first-order valence-electron chi connectivity index (χ1n) is 10.2. The summed E-state index contributed by atoms with van der Waals surface area (Å²) in [5, 5.41) is 44.4. The molecule has 2 unspecified atom stereocenters. The Morgan fingerprint density at radius 2 is 2.11 bits per heavy atom. The Balaban J connectivity index is 1.60. The predicted octanol–water partition coefficient (Wildman–Crippen LogP) is 0.685. The molecular formula is C19H19N9O7. The summed E-state index contributed by atoms with van der Waals surface area (Å²) >= 11 is 0. The van der Waals surface area contributed by atoms with Crippen LogP contribution in [-0.2, 0) is 11.2 Å². The van der Waals surface area contributed by atoms with Gasteiger partial charge in [0.15, 0.2) is 23.5 Å². The topological polar surface area (TPSA) is 249 Å². The van der Waals surface area contributed by atoms with Gasteiger partial charge in [0.2, 0.25) is 5.78 Å². The van der Waals surface area contributed by atoms with Crippen molar-refractivity contribution in [2.45, 2.75) is 37.4 Å². The molecule has 182 valence electrons. The maximum atomic E-state index is 12.8. The van der Waals surface area contributed by atoms with E-state index in [1.165, 1.54) is 23.0 Å². The third-order valence-corrected chi connectivity index (χ3v) is 5.54. The molecule has 0 saturated carbocycles. The first-order valence-corrected chi connectivity index (χ1v) is 10.2. The van der Waals surface area contributed by atoms with Crippen LogP contribution in [0.25, 0.3) is 21.6 Å². The van der Waals surface area contributed by atoms with Crippen LogP contribution in [0.3, 0.4) is 0 Å².